The second-order valence-corrected chi connectivity index (χ2v) is 8.86. The lowest BCUT2D eigenvalue weighted by Gasteiger charge is -2.31. The van der Waals surface area contributed by atoms with Gasteiger partial charge in [-0.3, -0.25) is 0 Å². The van der Waals surface area contributed by atoms with Crippen molar-refractivity contribution < 1.29 is 18.3 Å². The van der Waals surface area contributed by atoms with Crippen LogP contribution in [0.5, 0.6) is 0 Å². The molecule has 0 spiro atoms. The fourth-order valence-electron chi connectivity index (χ4n) is 4.74. The molecule has 0 bridgehead atoms. The van der Waals surface area contributed by atoms with Gasteiger partial charge in [0.25, 0.3) is 0 Å². The smallest absolute Gasteiger partial charge is 0.318 e. The molecule has 2 saturated heterocycles. The van der Waals surface area contributed by atoms with Gasteiger partial charge in [-0.15, -0.1) is 0 Å². The van der Waals surface area contributed by atoms with Gasteiger partial charge in [-0.25, -0.2) is 23.5 Å². The van der Waals surface area contributed by atoms with Crippen molar-refractivity contribution in [2.24, 2.45) is 0 Å². The molecule has 4 heterocycles. The lowest BCUT2D eigenvalue weighted by Crippen LogP contribution is -2.48. The number of rotatable bonds is 4. The van der Waals surface area contributed by atoms with Crippen LogP contribution in [0.2, 0.25) is 0 Å². The average Bonchev–Trinajstić information content (AvgIpc) is 3.29. The Morgan fingerprint density at radius 2 is 2.03 bits per heavy atom. The van der Waals surface area contributed by atoms with Crippen molar-refractivity contribution in [2.45, 2.75) is 43.8 Å². The van der Waals surface area contributed by atoms with E-state index in [9.17, 15) is 13.6 Å². The first kappa shape index (κ1) is 22.0. The molecule has 33 heavy (non-hydrogen) atoms. The second kappa shape index (κ2) is 9.56. The van der Waals surface area contributed by atoms with Crippen molar-refractivity contribution in [3.8, 4) is 0 Å². The van der Waals surface area contributed by atoms with E-state index in [0.29, 0.717) is 50.2 Å². The van der Waals surface area contributed by atoms with Crippen molar-refractivity contribution in [3.05, 3.63) is 52.9 Å². The summed E-state index contributed by atoms with van der Waals surface area (Å²) in [5.74, 6) is -1.29. The van der Waals surface area contributed by atoms with Gasteiger partial charge >= 0.3 is 6.03 Å². The number of nitrogens with zero attached hydrogens (tertiary/aromatic N) is 3. The molecule has 0 aliphatic carbocycles. The third-order valence-electron chi connectivity index (χ3n) is 6.68. The molecule has 1 aromatic heterocycles. The number of carbonyl (C=O) groups is 1. The fraction of sp³-hybridized carbons (Fsp3) is 0.522. The van der Waals surface area contributed by atoms with Crippen LogP contribution < -0.4 is 16.0 Å². The molecule has 3 aliphatic heterocycles. The number of halogens is 2. The maximum absolute atomic E-state index is 13.7. The van der Waals surface area contributed by atoms with Gasteiger partial charge in [0.15, 0.2) is 11.6 Å². The van der Waals surface area contributed by atoms with E-state index in [1.165, 1.54) is 6.07 Å². The maximum atomic E-state index is 13.7. The highest BCUT2D eigenvalue weighted by atomic mass is 19.2. The van der Waals surface area contributed by atoms with Crippen LogP contribution in [-0.2, 0) is 17.7 Å². The van der Waals surface area contributed by atoms with Gasteiger partial charge in [0.1, 0.15) is 0 Å². The Labute approximate surface area is 191 Å². The molecule has 0 unspecified atom stereocenters. The van der Waals surface area contributed by atoms with Gasteiger partial charge in [0.05, 0.1) is 18.3 Å². The number of benzene rings is 1. The number of amides is 2. The third-order valence-corrected chi connectivity index (χ3v) is 6.68. The Hall–Kier alpha value is -2.85. The van der Waals surface area contributed by atoms with Crippen molar-refractivity contribution >= 4 is 12.0 Å². The summed E-state index contributed by atoms with van der Waals surface area (Å²) in [5, 5.41) is 9.69. The number of aromatic nitrogens is 2. The molecule has 3 aliphatic rings. The van der Waals surface area contributed by atoms with Gasteiger partial charge < -0.3 is 25.6 Å². The molecule has 10 heteroatoms. The molecule has 1 aromatic carbocycles. The van der Waals surface area contributed by atoms with E-state index in [-0.39, 0.29) is 18.0 Å². The molecular weight excluding hydrogens is 430 g/mol. The number of hydrogen-bond donors (Lipinski definition) is 3. The zero-order valence-electron chi connectivity index (χ0n) is 18.3. The van der Waals surface area contributed by atoms with Gasteiger partial charge in [0.2, 0.25) is 5.95 Å². The van der Waals surface area contributed by atoms with Crippen LogP contribution in [-0.4, -0.2) is 65.8 Å². The fourth-order valence-corrected chi connectivity index (χ4v) is 4.74. The molecule has 176 valence electrons. The molecule has 0 radical (unpaired) electrons. The second-order valence-electron chi connectivity index (χ2n) is 8.86. The average molecular weight is 459 g/mol. The van der Waals surface area contributed by atoms with E-state index >= 15 is 0 Å². The molecule has 5 rings (SSSR count). The summed E-state index contributed by atoms with van der Waals surface area (Å²) < 4.78 is 32.4. The predicted octanol–water partition coefficient (Wildman–Crippen LogP) is 2.17. The Bertz CT molecular complexity index is 1020. The number of carbonyl (C=O) groups excluding carboxylic acids is 1. The van der Waals surface area contributed by atoms with Crippen LogP contribution in [0.4, 0.5) is 19.5 Å². The minimum Gasteiger partial charge on any atom is -0.381 e. The molecule has 8 nitrogen and oxygen atoms in total. The van der Waals surface area contributed by atoms with E-state index in [1.807, 2.05) is 6.20 Å². The molecule has 3 N–H and O–H groups in total. The van der Waals surface area contributed by atoms with E-state index in [2.05, 4.69) is 25.9 Å². The zero-order valence-corrected chi connectivity index (χ0v) is 18.3. The standard InChI is InChI=1S/C23H28F2N6O2/c24-18-2-1-14(9-19(18)25)17-11-26-12-20(17)30-23(32)31-6-3-15-10-27-22(29-21(15)13-31)28-16-4-7-33-8-5-16/h1-2,9-10,16-17,20,26H,3-8,11-13H2,(H,30,32)(H,27,28,29)/t17-,20-/m1/s1. The maximum Gasteiger partial charge on any atom is 0.318 e. The topological polar surface area (TPSA) is 91.4 Å². The van der Waals surface area contributed by atoms with Crippen LogP contribution >= 0.6 is 0 Å². The van der Waals surface area contributed by atoms with Gasteiger partial charge in [-0.05, 0) is 42.5 Å². The van der Waals surface area contributed by atoms with Gasteiger partial charge in [-0.2, -0.15) is 0 Å². The number of fused-ring (bicyclic) bond motifs is 1. The molecular formula is C23H28F2N6O2. The molecule has 2 aromatic rings. The minimum absolute atomic E-state index is 0.126. The number of ether oxygens (including phenoxy) is 1. The van der Waals surface area contributed by atoms with E-state index in [1.54, 1.807) is 11.0 Å². The number of anilines is 1. The molecule has 2 fully saturated rings. The van der Waals surface area contributed by atoms with Crippen molar-refractivity contribution in [1.29, 1.82) is 0 Å². The lowest BCUT2D eigenvalue weighted by molar-refractivity contribution is 0.0903. The largest absolute Gasteiger partial charge is 0.381 e. The van der Waals surface area contributed by atoms with E-state index in [0.717, 1.165) is 43.4 Å². The minimum atomic E-state index is -0.873. The lowest BCUT2D eigenvalue weighted by atomic mass is 9.94. The van der Waals surface area contributed by atoms with Crippen molar-refractivity contribution in [2.75, 3.05) is 38.2 Å². The predicted molar refractivity (Wildman–Crippen MR) is 118 cm³/mol. The Kier molecular flexibility index (Phi) is 6.37. The summed E-state index contributed by atoms with van der Waals surface area (Å²) in [6, 6.07) is 3.83. The summed E-state index contributed by atoms with van der Waals surface area (Å²) >= 11 is 0. The summed E-state index contributed by atoms with van der Waals surface area (Å²) in [5.41, 5.74) is 2.58. The first-order valence-electron chi connectivity index (χ1n) is 11.5. The summed E-state index contributed by atoms with van der Waals surface area (Å²) in [4.78, 5) is 23.9. The summed E-state index contributed by atoms with van der Waals surface area (Å²) in [6.07, 6.45) is 4.38. The first-order valence-corrected chi connectivity index (χ1v) is 11.5. The molecule has 2 atom stereocenters. The quantitative estimate of drug-likeness (QED) is 0.651. The highest BCUT2D eigenvalue weighted by Crippen LogP contribution is 2.25. The van der Waals surface area contributed by atoms with Crippen molar-refractivity contribution in [3.63, 3.8) is 0 Å². The SMILES string of the molecule is O=C(N[C@@H]1CNC[C@@H]1c1ccc(F)c(F)c1)N1CCc2cnc(NC3CCOCC3)nc2C1. The third kappa shape index (κ3) is 4.91. The highest BCUT2D eigenvalue weighted by molar-refractivity contribution is 5.75. The normalized spacial score (nSPS) is 23.3. The number of nitrogens with one attached hydrogen (secondary N) is 3. The van der Waals surface area contributed by atoms with Crippen LogP contribution in [0.1, 0.15) is 35.6 Å². The van der Waals surface area contributed by atoms with E-state index < -0.39 is 11.6 Å². The Morgan fingerprint density at radius 1 is 1.18 bits per heavy atom. The van der Waals surface area contributed by atoms with Gasteiger partial charge in [-0.1, -0.05) is 6.07 Å². The van der Waals surface area contributed by atoms with Crippen LogP contribution in [0, 0.1) is 11.6 Å². The summed E-state index contributed by atoms with van der Waals surface area (Å²) in [6.45, 7) is 3.61. The van der Waals surface area contributed by atoms with Crippen LogP contribution in [0.25, 0.3) is 0 Å². The highest BCUT2D eigenvalue weighted by Gasteiger charge is 2.32. The summed E-state index contributed by atoms with van der Waals surface area (Å²) in [7, 11) is 0. The Morgan fingerprint density at radius 3 is 2.85 bits per heavy atom. The van der Waals surface area contributed by atoms with Crippen LogP contribution in [0.3, 0.4) is 0 Å². The van der Waals surface area contributed by atoms with Crippen LogP contribution in [0.15, 0.2) is 24.4 Å². The Balaban J connectivity index is 1.23. The molecule has 2 amide bonds. The monoisotopic (exact) mass is 458 g/mol. The van der Waals surface area contributed by atoms with E-state index in [4.69, 9.17) is 4.74 Å². The first-order chi connectivity index (χ1) is 16.1. The number of urea groups is 1. The van der Waals surface area contributed by atoms with Gasteiger partial charge in [0, 0.05) is 51.0 Å². The zero-order chi connectivity index (χ0) is 22.8. The number of hydrogen-bond acceptors (Lipinski definition) is 6. The molecule has 0 saturated carbocycles. The van der Waals surface area contributed by atoms with Crippen molar-refractivity contribution in [1.82, 2.24) is 25.5 Å².